The van der Waals surface area contributed by atoms with Gasteiger partial charge in [0.05, 0.1) is 17.4 Å². The SMILES string of the molecule is O=C(CCc1cccc2ccccc12)Nc1ccccc1C(=O)NC[C@@H]1CCCO1. The van der Waals surface area contributed by atoms with Crippen LogP contribution in [-0.4, -0.2) is 31.1 Å². The number of nitrogens with one attached hydrogen (secondary N) is 2. The predicted molar refractivity (Wildman–Crippen MR) is 119 cm³/mol. The molecule has 0 bridgehead atoms. The van der Waals surface area contributed by atoms with Crippen LogP contribution >= 0.6 is 0 Å². The van der Waals surface area contributed by atoms with Gasteiger partial charge in [0.2, 0.25) is 5.91 Å². The summed E-state index contributed by atoms with van der Waals surface area (Å²) in [6.45, 7) is 1.24. The number of ether oxygens (including phenoxy) is 1. The largest absolute Gasteiger partial charge is 0.376 e. The van der Waals surface area contributed by atoms with E-state index in [0.29, 0.717) is 30.6 Å². The molecule has 1 fully saturated rings. The van der Waals surface area contributed by atoms with E-state index in [9.17, 15) is 9.59 Å². The molecule has 2 amide bonds. The third kappa shape index (κ3) is 4.86. The first kappa shape index (κ1) is 20.1. The van der Waals surface area contributed by atoms with E-state index in [-0.39, 0.29) is 17.9 Å². The van der Waals surface area contributed by atoms with Gasteiger partial charge in [0, 0.05) is 19.6 Å². The highest BCUT2D eigenvalue weighted by atomic mass is 16.5. The molecule has 5 heteroatoms. The molecular weight excluding hydrogens is 376 g/mol. The third-order valence-corrected chi connectivity index (χ3v) is 5.46. The smallest absolute Gasteiger partial charge is 0.253 e. The number of rotatable bonds is 7. The highest BCUT2D eigenvalue weighted by Gasteiger charge is 2.18. The first-order chi connectivity index (χ1) is 14.7. The molecule has 30 heavy (non-hydrogen) atoms. The fraction of sp³-hybridized carbons (Fsp3) is 0.280. The molecule has 0 aliphatic carbocycles. The monoisotopic (exact) mass is 402 g/mol. The second-order valence-corrected chi connectivity index (χ2v) is 7.58. The molecule has 3 aromatic rings. The Labute approximate surface area is 176 Å². The normalized spacial score (nSPS) is 15.8. The van der Waals surface area contributed by atoms with Crippen LogP contribution in [0.15, 0.2) is 66.7 Å². The maximum Gasteiger partial charge on any atom is 0.253 e. The molecule has 0 saturated carbocycles. The number of para-hydroxylation sites is 1. The Morgan fingerprint density at radius 1 is 0.967 bits per heavy atom. The topological polar surface area (TPSA) is 67.4 Å². The minimum absolute atomic E-state index is 0.0800. The Hall–Kier alpha value is -3.18. The average Bonchev–Trinajstić information content (AvgIpc) is 3.30. The van der Waals surface area contributed by atoms with E-state index in [0.717, 1.165) is 25.0 Å². The van der Waals surface area contributed by atoms with E-state index < -0.39 is 0 Å². The van der Waals surface area contributed by atoms with E-state index in [2.05, 4.69) is 34.9 Å². The summed E-state index contributed by atoms with van der Waals surface area (Å²) in [5.74, 6) is -0.308. The summed E-state index contributed by atoms with van der Waals surface area (Å²) in [5.41, 5.74) is 2.14. The molecule has 1 aliphatic heterocycles. The molecule has 0 spiro atoms. The van der Waals surface area contributed by atoms with Crippen LogP contribution in [0.4, 0.5) is 5.69 Å². The van der Waals surface area contributed by atoms with Crippen molar-refractivity contribution in [3.63, 3.8) is 0 Å². The van der Waals surface area contributed by atoms with Gasteiger partial charge in [-0.2, -0.15) is 0 Å². The standard InChI is InChI=1S/C25H26N2O3/c28-24(15-14-19-9-5-8-18-7-1-2-11-21(18)19)27-23-13-4-3-12-22(23)25(29)26-17-20-10-6-16-30-20/h1-5,7-9,11-13,20H,6,10,14-17H2,(H,26,29)(H,27,28)/t20-/m0/s1. The van der Waals surface area contributed by atoms with Crippen LogP contribution in [0.2, 0.25) is 0 Å². The maximum atomic E-state index is 12.6. The Bertz CT molecular complexity index is 1040. The summed E-state index contributed by atoms with van der Waals surface area (Å²) in [4.78, 5) is 25.2. The van der Waals surface area contributed by atoms with Gasteiger partial charge in [0.15, 0.2) is 0 Å². The molecule has 3 aromatic carbocycles. The number of hydrogen-bond acceptors (Lipinski definition) is 3. The van der Waals surface area contributed by atoms with Crippen LogP contribution in [-0.2, 0) is 16.0 Å². The number of carbonyl (C=O) groups is 2. The minimum Gasteiger partial charge on any atom is -0.376 e. The van der Waals surface area contributed by atoms with Crippen molar-refractivity contribution in [2.45, 2.75) is 31.8 Å². The number of anilines is 1. The summed E-state index contributed by atoms with van der Waals surface area (Å²) < 4.78 is 5.55. The summed E-state index contributed by atoms with van der Waals surface area (Å²) >= 11 is 0. The lowest BCUT2D eigenvalue weighted by molar-refractivity contribution is -0.116. The molecule has 5 nitrogen and oxygen atoms in total. The first-order valence-electron chi connectivity index (χ1n) is 10.5. The third-order valence-electron chi connectivity index (χ3n) is 5.46. The van der Waals surface area contributed by atoms with Gasteiger partial charge in [0.1, 0.15) is 0 Å². The van der Waals surface area contributed by atoms with Gasteiger partial charge in [-0.1, -0.05) is 54.6 Å². The highest BCUT2D eigenvalue weighted by molar-refractivity contribution is 6.03. The molecule has 0 radical (unpaired) electrons. The quantitative estimate of drug-likeness (QED) is 0.618. The zero-order valence-electron chi connectivity index (χ0n) is 16.9. The Balaban J connectivity index is 1.37. The summed E-state index contributed by atoms with van der Waals surface area (Å²) in [5, 5.41) is 8.16. The lowest BCUT2D eigenvalue weighted by atomic mass is 10.0. The van der Waals surface area contributed by atoms with Gasteiger partial charge in [-0.25, -0.2) is 0 Å². The van der Waals surface area contributed by atoms with Gasteiger partial charge in [-0.05, 0) is 47.7 Å². The van der Waals surface area contributed by atoms with Crippen LogP contribution in [0.1, 0.15) is 35.2 Å². The molecule has 0 unspecified atom stereocenters. The lowest BCUT2D eigenvalue weighted by Crippen LogP contribution is -2.32. The van der Waals surface area contributed by atoms with E-state index in [1.165, 1.54) is 10.8 Å². The number of benzene rings is 3. The van der Waals surface area contributed by atoms with Crippen LogP contribution in [0.3, 0.4) is 0 Å². The summed E-state index contributed by atoms with van der Waals surface area (Å²) in [6, 6.07) is 21.4. The van der Waals surface area contributed by atoms with Crippen molar-refractivity contribution in [1.29, 1.82) is 0 Å². The molecule has 1 aliphatic rings. The molecular formula is C25H26N2O3. The van der Waals surface area contributed by atoms with E-state index in [1.54, 1.807) is 18.2 Å². The second-order valence-electron chi connectivity index (χ2n) is 7.58. The molecule has 154 valence electrons. The number of fused-ring (bicyclic) bond motifs is 1. The van der Waals surface area contributed by atoms with Gasteiger partial charge in [0.25, 0.3) is 5.91 Å². The number of aryl methyl sites for hydroxylation is 1. The molecule has 1 heterocycles. The zero-order chi connectivity index (χ0) is 20.8. The van der Waals surface area contributed by atoms with Crippen molar-refractivity contribution >= 4 is 28.3 Å². The number of carbonyl (C=O) groups excluding carboxylic acids is 2. The fourth-order valence-corrected chi connectivity index (χ4v) is 3.87. The van der Waals surface area contributed by atoms with E-state index in [1.807, 2.05) is 24.3 Å². The molecule has 0 aromatic heterocycles. The van der Waals surface area contributed by atoms with E-state index in [4.69, 9.17) is 4.74 Å². The van der Waals surface area contributed by atoms with Crippen LogP contribution in [0, 0.1) is 0 Å². The highest BCUT2D eigenvalue weighted by Crippen LogP contribution is 2.21. The molecule has 4 rings (SSSR count). The predicted octanol–water partition coefficient (Wildman–Crippen LogP) is 4.32. The lowest BCUT2D eigenvalue weighted by Gasteiger charge is -2.14. The fourth-order valence-electron chi connectivity index (χ4n) is 3.87. The number of amides is 2. The number of hydrogen-bond donors (Lipinski definition) is 2. The van der Waals surface area contributed by atoms with Crippen LogP contribution in [0.5, 0.6) is 0 Å². The van der Waals surface area contributed by atoms with E-state index >= 15 is 0 Å². The average molecular weight is 402 g/mol. The maximum absolute atomic E-state index is 12.6. The Morgan fingerprint density at radius 2 is 1.77 bits per heavy atom. The van der Waals surface area contributed by atoms with Crippen LogP contribution in [0.25, 0.3) is 10.8 Å². The second kappa shape index (κ2) is 9.55. The van der Waals surface area contributed by atoms with Crippen molar-refractivity contribution in [2.75, 3.05) is 18.5 Å². The molecule has 1 atom stereocenters. The summed E-state index contributed by atoms with van der Waals surface area (Å²) in [7, 11) is 0. The van der Waals surface area contributed by atoms with Gasteiger partial charge >= 0.3 is 0 Å². The van der Waals surface area contributed by atoms with Crippen molar-refractivity contribution in [1.82, 2.24) is 5.32 Å². The van der Waals surface area contributed by atoms with Crippen LogP contribution < -0.4 is 10.6 Å². The van der Waals surface area contributed by atoms with Crippen molar-refractivity contribution in [3.05, 3.63) is 77.9 Å². The Morgan fingerprint density at radius 3 is 2.63 bits per heavy atom. The van der Waals surface area contributed by atoms with Crippen molar-refractivity contribution < 1.29 is 14.3 Å². The first-order valence-corrected chi connectivity index (χ1v) is 10.5. The Kier molecular flexibility index (Phi) is 6.40. The molecule has 2 N–H and O–H groups in total. The summed E-state index contributed by atoms with van der Waals surface area (Å²) in [6.07, 6.45) is 3.06. The molecule has 1 saturated heterocycles. The van der Waals surface area contributed by atoms with Crippen molar-refractivity contribution in [3.8, 4) is 0 Å². The van der Waals surface area contributed by atoms with Gasteiger partial charge in [-0.3, -0.25) is 9.59 Å². The van der Waals surface area contributed by atoms with Gasteiger partial charge in [-0.15, -0.1) is 0 Å². The van der Waals surface area contributed by atoms with Gasteiger partial charge < -0.3 is 15.4 Å². The zero-order valence-corrected chi connectivity index (χ0v) is 16.9. The van der Waals surface area contributed by atoms with Crippen molar-refractivity contribution in [2.24, 2.45) is 0 Å². The minimum atomic E-state index is -0.199.